The smallest absolute Gasteiger partial charge is 0.315 e. The molecular weight excluding hydrogens is 212 g/mol. The Morgan fingerprint density at radius 2 is 2.06 bits per heavy atom. The number of carbonyl (C=O) groups excluding carboxylic acids is 1. The first-order valence-corrected chi connectivity index (χ1v) is 6.31. The van der Waals surface area contributed by atoms with Gasteiger partial charge in [-0.15, -0.1) is 0 Å². The molecule has 1 aliphatic rings. The van der Waals surface area contributed by atoms with Crippen LogP contribution in [0.25, 0.3) is 0 Å². The molecule has 0 aromatic heterocycles. The van der Waals surface area contributed by atoms with Crippen LogP contribution in [0.2, 0.25) is 0 Å². The first-order valence-electron chi connectivity index (χ1n) is 6.31. The molecule has 1 heterocycles. The van der Waals surface area contributed by atoms with E-state index >= 15 is 0 Å². The quantitative estimate of drug-likeness (QED) is 0.837. The van der Waals surface area contributed by atoms with Crippen LogP contribution in [0.3, 0.4) is 0 Å². The lowest BCUT2D eigenvalue weighted by molar-refractivity contribution is 0.147. The number of rotatable bonds is 2. The van der Waals surface area contributed by atoms with Crippen molar-refractivity contribution in [2.45, 2.75) is 38.1 Å². The van der Waals surface area contributed by atoms with E-state index in [-0.39, 0.29) is 12.1 Å². The highest BCUT2D eigenvalue weighted by molar-refractivity contribution is 5.72. The molecule has 1 aromatic rings. The summed E-state index contributed by atoms with van der Waals surface area (Å²) in [6.07, 6.45) is 3.31. The molecule has 2 rings (SSSR count). The summed E-state index contributed by atoms with van der Waals surface area (Å²) >= 11 is 0. The molecule has 2 N–H and O–H groups in total. The minimum absolute atomic E-state index is 0.253. The Morgan fingerprint density at radius 3 is 2.71 bits per heavy atom. The average molecular weight is 232 g/mol. The highest BCUT2D eigenvalue weighted by atomic mass is 16.2. The van der Waals surface area contributed by atoms with E-state index < -0.39 is 0 Å². The molecule has 0 spiro atoms. The average Bonchev–Trinajstić information content (AvgIpc) is 2.39. The van der Waals surface area contributed by atoms with Crippen LogP contribution in [0.5, 0.6) is 0 Å². The summed E-state index contributed by atoms with van der Waals surface area (Å²) in [4.78, 5) is 13.3. The number of amides is 2. The number of nitrogens with zero attached hydrogens (tertiary/aromatic N) is 1. The summed E-state index contributed by atoms with van der Waals surface area (Å²) in [5, 5.41) is 0. The Labute approximate surface area is 103 Å². The Kier molecular flexibility index (Phi) is 3.67. The number of likely N-dealkylation sites (tertiary alicyclic amines) is 1. The molecule has 3 nitrogen and oxygen atoms in total. The minimum atomic E-state index is -0.280. The molecule has 1 aromatic carbocycles. The number of carbonyl (C=O) groups is 1. The molecule has 0 bridgehead atoms. The number of primary amides is 1. The molecule has 1 aliphatic heterocycles. The van der Waals surface area contributed by atoms with Gasteiger partial charge in [0.25, 0.3) is 0 Å². The Bertz CT molecular complexity index is 377. The molecule has 1 saturated heterocycles. The third-order valence-corrected chi connectivity index (χ3v) is 3.73. The van der Waals surface area contributed by atoms with E-state index in [1.54, 1.807) is 0 Å². The standard InChI is InChI=1S/C14H20N2O/c1-11(12-7-3-2-4-8-12)13-9-5-6-10-16(13)14(15)17/h2-4,7-8,11,13H,5-6,9-10H2,1H3,(H2,15,17)/t11-,13?/m0/s1. The fraction of sp³-hybridized carbons (Fsp3) is 0.500. The van der Waals surface area contributed by atoms with E-state index in [2.05, 4.69) is 19.1 Å². The van der Waals surface area contributed by atoms with Gasteiger partial charge in [0, 0.05) is 18.5 Å². The molecule has 92 valence electrons. The van der Waals surface area contributed by atoms with Crippen LogP contribution in [0, 0.1) is 0 Å². The molecule has 2 atom stereocenters. The lowest BCUT2D eigenvalue weighted by Gasteiger charge is -2.38. The van der Waals surface area contributed by atoms with Gasteiger partial charge >= 0.3 is 6.03 Å². The van der Waals surface area contributed by atoms with Gasteiger partial charge in [-0.3, -0.25) is 0 Å². The molecule has 1 fully saturated rings. The van der Waals surface area contributed by atoms with Crippen LogP contribution < -0.4 is 5.73 Å². The maximum absolute atomic E-state index is 11.4. The second kappa shape index (κ2) is 5.21. The van der Waals surface area contributed by atoms with Gasteiger partial charge < -0.3 is 10.6 Å². The number of benzene rings is 1. The Morgan fingerprint density at radius 1 is 1.35 bits per heavy atom. The van der Waals surface area contributed by atoms with Gasteiger partial charge in [0.2, 0.25) is 0 Å². The van der Waals surface area contributed by atoms with Crippen molar-refractivity contribution in [1.29, 1.82) is 0 Å². The fourth-order valence-corrected chi connectivity index (χ4v) is 2.73. The third kappa shape index (κ3) is 2.60. The molecule has 17 heavy (non-hydrogen) atoms. The first kappa shape index (κ1) is 12.0. The summed E-state index contributed by atoms with van der Waals surface area (Å²) < 4.78 is 0. The van der Waals surface area contributed by atoms with Crippen molar-refractivity contribution in [2.75, 3.05) is 6.54 Å². The molecule has 0 saturated carbocycles. The minimum Gasteiger partial charge on any atom is -0.351 e. The van der Waals surface area contributed by atoms with Crippen molar-refractivity contribution in [3.8, 4) is 0 Å². The van der Waals surface area contributed by atoms with E-state index in [9.17, 15) is 4.79 Å². The number of piperidine rings is 1. The summed E-state index contributed by atoms with van der Waals surface area (Å²) in [6.45, 7) is 2.98. The molecular formula is C14H20N2O. The highest BCUT2D eigenvalue weighted by Crippen LogP contribution is 2.29. The summed E-state index contributed by atoms with van der Waals surface area (Å²) in [7, 11) is 0. The second-order valence-electron chi connectivity index (χ2n) is 4.79. The van der Waals surface area contributed by atoms with Crippen LogP contribution >= 0.6 is 0 Å². The molecule has 0 aliphatic carbocycles. The van der Waals surface area contributed by atoms with Gasteiger partial charge in [0.15, 0.2) is 0 Å². The van der Waals surface area contributed by atoms with Crippen molar-refractivity contribution in [1.82, 2.24) is 4.90 Å². The van der Waals surface area contributed by atoms with Gasteiger partial charge in [-0.2, -0.15) is 0 Å². The molecule has 3 heteroatoms. The Balaban J connectivity index is 2.16. The van der Waals surface area contributed by atoms with Crippen molar-refractivity contribution < 1.29 is 4.79 Å². The zero-order chi connectivity index (χ0) is 12.3. The predicted molar refractivity (Wildman–Crippen MR) is 68.8 cm³/mol. The van der Waals surface area contributed by atoms with E-state index in [0.29, 0.717) is 5.92 Å². The van der Waals surface area contributed by atoms with Gasteiger partial charge in [0.1, 0.15) is 0 Å². The van der Waals surface area contributed by atoms with Crippen molar-refractivity contribution in [3.05, 3.63) is 35.9 Å². The normalized spacial score (nSPS) is 22.2. The number of hydrogen-bond donors (Lipinski definition) is 1. The lowest BCUT2D eigenvalue weighted by Crippen LogP contribution is -2.48. The monoisotopic (exact) mass is 232 g/mol. The van der Waals surface area contributed by atoms with Crippen LogP contribution in [0.15, 0.2) is 30.3 Å². The van der Waals surface area contributed by atoms with Gasteiger partial charge in [-0.25, -0.2) is 4.79 Å². The number of nitrogens with two attached hydrogens (primary N) is 1. The molecule has 2 amide bonds. The number of urea groups is 1. The highest BCUT2D eigenvalue weighted by Gasteiger charge is 2.30. The van der Waals surface area contributed by atoms with Crippen LogP contribution in [-0.4, -0.2) is 23.5 Å². The zero-order valence-electron chi connectivity index (χ0n) is 10.3. The van der Waals surface area contributed by atoms with Gasteiger partial charge in [0.05, 0.1) is 0 Å². The maximum atomic E-state index is 11.4. The predicted octanol–water partition coefficient (Wildman–Crippen LogP) is 2.72. The van der Waals surface area contributed by atoms with Gasteiger partial charge in [-0.1, -0.05) is 37.3 Å². The largest absolute Gasteiger partial charge is 0.351 e. The SMILES string of the molecule is C[C@@H](c1ccccc1)C1CCCCN1C(N)=O. The first-order chi connectivity index (χ1) is 8.20. The fourth-order valence-electron chi connectivity index (χ4n) is 2.73. The van der Waals surface area contributed by atoms with Crippen molar-refractivity contribution in [2.24, 2.45) is 5.73 Å². The van der Waals surface area contributed by atoms with E-state index in [4.69, 9.17) is 5.73 Å². The van der Waals surface area contributed by atoms with Crippen LogP contribution in [-0.2, 0) is 0 Å². The van der Waals surface area contributed by atoms with Crippen molar-refractivity contribution in [3.63, 3.8) is 0 Å². The van der Waals surface area contributed by atoms with Crippen LogP contribution in [0.1, 0.15) is 37.7 Å². The third-order valence-electron chi connectivity index (χ3n) is 3.73. The number of hydrogen-bond acceptors (Lipinski definition) is 1. The topological polar surface area (TPSA) is 46.3 Å². The van der Waals surface area contributed by atoms with E-state index in [0.717, 1.165) is 19.4 Å². The lowest BCUT2D eigenvalue weighted by atomic mass is 9.87. The molecule has 1 unspecified atom stereocenters. The Hall–Kier alpha value is -1.51. The van der Waals surface area contributed by atoms with Crippen LogP contribution in [0.4, 0.5) is 4.79 Å². The summed E-state index contributed by atoms with van der Waals surface area (Å²) in [5.41, 5.74) is 6.74. The summed E-state index contributed by atoms with van der Waals surface area (Å²) in [6, 6.07) is 10.3. The van der Waals surface area contributed by atoms with E-state index in [1.807, 2.05) is 23.1 Å². The maximum Gasteiger partial charge on any atom is 0.315 e. The van der Waals surface area contributed by atoms with Crippen molar-refractivity contribution >= 4 is 6.03 Å². The second-order valence-corrected chi connectivity index (χ2v) is 4.79. The molecule has 0 radical (unpaired) electrons. The summed E-state index contributed by atoms with van der Waals surface area (Å²) in [5.74, 6) is 0.351. The zero-order valence-corrected chi connectivity index (χ0v) is 10.3. The van der Waals surface area contributed by atoms with E-state index in [1.165, 1.54) is 12.0 Å². The van der Waals surface area contributed by atoms with Gasteiger partial charge in [-0.05, 0) is 24.8 Å².